The normalized spacial score (nSPS) is 10.9. The Morgan fingerprint density at radius 3 is 2.44 bits per heavy atom. The first-order valence-corrected chi connectivity index (χ1v) is 8.20. The van der Waals surface area contributed by atoms with Gasteiger partial charge in [0.05, 0.1) is 11.0 Å². The quantitative estimate of drug-likeness (QED) is 0.524. The summed E-state index contributed by atoms with van der Waals surface area (Å²) in [6, 6.07) is 23.8. The standard InChI is InChI=1S/C21H17N3O/c1-15(25)17-11-7-12-19(22-17)21-23-18-10-5-6-13-20(18)24(21)14-16-8-3-2-4-9-16/h2-13H,14H2,1H3. The molecule has 25 heavy (non-hydrogen) atoms. The third kappa shape index (κ3) is 2.94. The molecule has 0 aliphatic carbocycles. The fourth-order valence-electron chi connectivity index (χ4n) is 2.95. The highest BCUT2D eigenvalue weighted by Crippen LogP contribution is 2.25. The van der Waals surface area contributed by atoms with Crippen molar-refractivity contribution < 1.29 is 4.79 Å². The van der Waals surface area contributed by atoms with E-state index in [0.29, 0.717) is 17.9 Å². The second-order valence-corrected chi connectivity index (χ2v) is 5.96. The Hall–Kier alpha value is -3.27. The van der Waals surface area contributed by atoms with E-state index in [2.05, 4.69) is 27.8 Å². The Morgan fingerprint density at radius 2 is 1.64 bits per heavy atom. The van der Waals surface area contributed by atoms with Crippen molar-refractivity contribution in [1.82, 2.24) is 14.5 Å². The maximum Gasteiger partial charge on any atom is 0.178 e. The minimum Gasteiger partial charge on any atom is -0.318 e. The van der Waals surface area contributed by atoms with Crippen molar-refractivity contribution in [2.24, 2.45) is 0 Å². The minimum absolute atomic E-state index is 0.0485. The highest BCUT2D eigenvalue weighted by atomic mass is 16.1. The van der Waals surface area contributed by atoms with E-state index < -0.39 is 0 Å². The summed E-state index contributed by atoms with van der Waals surface area (Å²) < 4.78 is 2.15. The van der Waals surface area contributed by atoms with Crippen LogP contribution in [0.5, 0.6) is 0 Å². The number of nitrogens with zero attached hydrogens (tertiary/aromatic N) is 3. The lowest BCUT2D eigenvalue weighted by Gasteiger charge is -2.09. The van der Waals surface area contributed by atoms with Crippen LogP contribution in [-0.4, -0.2) is 20.3 Å². The van der Waals surface area contributed by atoms with Gasteiger partial charge in [0.1, 0.15) is 11.4 Å². The van der Waals surface area contributed by atoms with Gasteiger partial charge in [-0.25, -0.2) is 9.97 Å². The molecule has 2 aromatic heterocycles. The van der Waals surface area contributed by atoms with Gasteiger partial charge in [0.15, 0.2) is 11.6 Å². The molecule has 0 amide bonds. The van der Waals surface area contributed by atoms with Gasteiger partial charge < -0.3 is 4.57 Å². The van der Waals surface area contributed by atoms with Gasteiger partial charge in [0.25, 0.3) is 0 Å². The number of fused-ring (bicyclic) bond motifs is 1. The Morgan fingerprint density at radius 1 is 0.880 bits per heavy atom. The maximum atomic E-state index is 11.7. The predicted octanol–water partition coefficient (Wildman–Crippen LogP) is 4.35. The molecule has 0 fully saturated rings. The molecule has 0 radical (unpaired) electrons. The zero-order valence-electron chi connectivity index (χ0n) is 13.9. The van der Waals surface area contributed by atoms with Gasteiger partial charge in [-0.15, -0.1) is 0 Å². The number of hydrogen-bond donors (Lipinski definition) is 0. The summed E-state index contributed by atoms with van der Waals surface area (Å²) in [5, 5.41) is 0. The lowest BCUT2D eigenvalue weighted by molar-refractivity contribution is 0.101. The van der Waals surface area contributed by atoms with Crippen LogP contribution in [0.2, 0.25) is 0 Å². The van der Waals surface area contributed by atoms with E-state index >= 15 is 0 Å². The fraction of sp³-hybridized carbons (Fsp3) is 0.0952. The van der Waals surface area contributed by atoms with Crippen molar-refractivity contribution in [1.29, 1.82) is 0 Å². The molecular formula is C21H17N3O. The summed E-state index contributed by atoms with van der Waals surface area (Å²) in [4.78, 5) is 21.0. The van der Waals surface area contributed by atoms with Crippen molar-refractivity contribution in [2.75, 3.05) is 0 Å². The summed E-state index contributed by atoms with van der Waals surface area (Å²) in [6.07, 6.45) is 0. The van der Waals surface area contributed by atoms with Crippen LogP contribution in [0.4, 0.5) is 0 Å². The van der Waals surface area contributed by atoms with Gasteiger partial charge in [0.2, 0.25) is 0 Å². The van der Waals surface area contributed by atoms with E-state index in [1.807, 2.05) is 48.5 Å². The Kier molecular flexibility index (Phi) is 3.86. The third-order valence-electron chi connectivity index (χ3n) is 4.18. The van der Waals surface area contributed by atoms with E-state index in [1.165, 1.54) is 12.5 Å². The first-order valence-electron chi connectivity index (χ1n) is 8.20. The van der Waals surface area contributed by atoms with Crippen LogP contribution in [0.25, 0.3) is 22.6 Å². The summed E-state index contributed by atoms with van der Waals surface area (Å²) >= 11 is 0. The van der Waals surface area contributed by atoms with Gasteiger partial charge in [0, 0.05) is 13.5 Å². The number of benzene rings is 2. The largest absolute Gasteiger partial charge is 0.318 e. The molecule has 0 aliphatic heterocycles. The summed E-state index contributed by atoms with van der Waals surface area (Å²) in [6.45, 7) is 2.22. The number of pyridine rings is 1. The van der Waals surface area contributed by atoms with Crippen LogP contribution >= 0.6 is 0 Å². The highest BCUT2D eigenvalue weighted by Gasteiger charge is 2.15. The van der Waals surface area contributed by atoms with Crippen LogP contribution in [0.3, 0.4) is 0 Å². The number of ketones is 1. The van der Waals surface area contributed by atoms with Gasteiger partial charge >= 0.3 is 0 Å². The number of hydrogen-bond acceptors (Lipinski definition) is 3. The zero-order chi connectivity index (χ0) is 17.2. The summed E-state index contributed by atoms with van der Waals surface area (Å²) in [5.41, 5.74) is 4.32. The molecule has 4 heteroatoms. The minimum atomic E-state index is -0.0485. The van der Waals surface area contributed by atoms with Crippen LogP contribution in [0, 0.1) is 0 Å². The predicted molar refractivity (Wildman–Crippen MR) is 98.5 cm³/mol. The van der Waals surface area contributed by atoms with Crippen molar-refractivity contribution >= 4 is 16.8 Å². The molecule has 4 aromatic rings. The molecule has 2 aromatic carbocycles. The van der Waals surface area contributed by atoms with E-state index in [1.54, 1.807) is 6.07 Å². The number of imidazole rings is 1. The van der Waals surface area contributed by atoms with Crippen LogP contribution in [0.1, 0.15) is 23.0 Å². The molecular weight excluding hydrogens is 310 g/mol. The van der Waals surface area contributed by atoms with Crippen LogP contribution < -0.4 is 0 Å². The molecule has 2 heterocycles. The molecule has 0 aliphatic rings. The first-order chi connectivity index (χ1) is 12.2. The molecule has 0 unspecified atom stereocenters. The Bertz CT molecular complexity index is 1050. The van der Waals surface area contributed by atoms with E-state index in [9.17, 15) is 4.79 Å². The van der Waals surface area contributed by atoms with Gasteiger partial charge in [-0.2, -0.15) is 0 Å². The molecule has 0 atom stereocenters. The molecule has 0 spiro atoms. The number of aromatic nitrogens is 3. The number of carbonyl (C=O) groups excluding carboxylic acids is 1. The van der Waals surface area contributed by atoms with Gasteiger partial charge in [-0.1, -0.05) is 48.5 Å². The van der Waals surface area contributed by atoms with Crippen LogP contribution in [0.15, 0.2) is 72.8 Å². The summed E-state index contributed by atoms with van der Waals surface area (Å²) in [5.74, 6) is 0.723. The zero-order valence-corrected chi connectivity index (χ0v) is 13.9. The van der Waals surface area contributed by atoms with E-state index in [4.69, 9.17) is 4.98 Å². The average Bonchev–Trinajstić information content (AvgIpc) is 3.01. The van der Waals surface area contributed by atoms with Crippen molar-refractivity contribution in [3.05, 3.63) is 84.1 Å². The highest BCUT2D eigenvalue weighted by molar-refractivity contribution is 5.92. The lowest BCUT2D eigenvalue weighted by atomic mass is 10.2. The second kappa shape index (κ2) is 6.32. The molecule has 4 rings (SSSR count). The fourth-order valence-corrected chi connectivity index (χ4v) is 2.95. The molecule has 0 saturated heterocycles. The SMILES string of the molecule is CC(=O)c1cccc(-c2nc3ccccc3n2Cc2ccccc2)n1. The molecule has 0 saturated carbocycles. The van der Waals surface area contributed by atoms with Crippen molar-refractivity contribution in [2.45, 2.75) is 13.5 Å². The molecule has 4 nitrogen and oxygen atoms in total. The smallest absolute Gasteiger partial charge is 0.178 e. The van der Waals surface area contributed by atoms with Crippen LogP contribution in [-0.2, 0) is 6.54 Å². The third-order valence-corrected chi connectivity index (χ3v) is 4.18. The molecule has 0 N–H and O–H groups in total. The summed E-state index contributed by atoms with van der Waals surface area (Å²) in [7, 11) is 0. The van der Waals surface area contributed by atoms with E-state index in [0.717, 1.165) is 16.9 Å². The average molecular weight is 327 g/mol. The van der Waals surface area contributed by atoms with Gasteiger partial charge in [-0.05, 0) is 29.8 Å². The maximum absolute atomic E-state index is 11.7. The Balaban J connectivity index is 1.90. The number of Topliss-reactive ketones (excluding diaryl/α,β-unsaturated/α-hetero) is 1. The lowest BCUT2D eigenvalue weighted by Crippen LogP contribution is -2.05. The van der Waals surface area contributed by atoms with Crippen molar-refractivity contribution in [3.63, 3.8) is 0 Å². The second-order valence-electron chi connectivity index (χ2n) is 5.96. The number of para-hydroxylation sites is 2. The first kappa shape index (κ1) is 15.3. The molecule has 0 bridgehead atoms. The monoisotopic (exact) mass is 327 g/mol. The topological polar surface area (TPSA) is 47.8 Å². The van der Waals surface area contributed by atoms with Gasteiger partial charge in [-0.3, -0.25) is 4.79 Å². The van der Waals surface area contributed by atoms with Crippen molar-refractivity contribution in [3.8, 4) is 11.5 Å². The molecule has 122 valence electrons. The number of rotatable bonds is 4. The van der Waals surface area contributed by atoms with E-state index in [-0.39, 0.29) is 5.78 Å². The Labute approximate surface area is 145 Å². The number of carbonyl (C=O) groups is 1.